The van der Waals surface area contributed by atoms with Crippen LogP contribution in [0.1, 0.15) is 18.1 Å². The Bertz CT molecular complexity index is 697. The molecule has 0 atom stereocenters. The Morgan fingerprint density at radius 1 is 1.10 bits per heavy atom. The minimum Gasteiger partial charge on any atom is -0.398 e. The van der Waals surface area contributed by atoms with E-state index in [2.05, 4.69) is 4.72 Å². The molecule has 20 heavy (non-hydrogen) atoms. The van der Waals surface area contributed by atoms with E-state index in [-0.39, 0.29) is 5.75 Å². The number of hydrogen-bond donors (Lipinski definition) is 2. The third kappa shape index (κ3) is 3.74. The Balaban J connectivity index is 2.17. The summed E-state index contributed by atoms with van der Waals surface area (Å²) in [5.74, 6) is -0.129. The first-order chi connectivity index (χ1) is 9.50. The highest BCUT2D eigenvalue weighted by atomic mass is 32.2. The van der Waals surface area contributed by atoms with E-state index in [0.717, 1.165) is 12.0 Å². The number of sulfonamides is 1. The van der Waals surface area contributed by atoms with Crippen LogP contribution in [0.5, 0.6) is 0 Å². The Morgan fingerprint density at radius 2 is 1.85 bits per heavy atom. The molecule has 5 heteroatoms. The van der Waals surface area contributed by atoms with E-state index < -0.39 is 10.0 Å². The molecule has 0 aliphatic carbocycles. The van der Waals surface area contributed by atoms with E-state index in [1.165, 1.54) is 0 Å². The van der Waals surface area contributed by atoms with Crippen LogP contribution < -0.4 is 10.5 Å². The normalized spacial score (nSPS) is 11.2. The van der Waals surface area contributed by atoms with Crippen molar-refractivity contribution < 1.29 is 8.42 Å². The lowest BCUT2D eigenvalue weighted by molar-refractivity contribution is 0.600. The number of aryl methyl sites for hydroxylation is 1. The number of nitrogens with one attached hydrogen (secondary N) is 1. The second-order valence-corrected chi connectivity index (χ2v) is 6.34. The lowest BCUT2D eigenvalue weighted by Gasteiger charge is -2.10. The third-order valence-electron chi connectivity index (χ3n) is 3.01. The van der Waals surface area contributed by atoms with Crippen LogP contribution >= 0.6 is 0 Å². The molecule has 2 aromatic rings. The largest absolute Gasteiger partial charge is 0.398 e. The smallest absolute Gasteiger partial charge is 0.236 e. The topological polar surface area (TPSA) is 72.2 Å². The van der Waals surface area contributed by atoms with Crippen molar-refractivity contribution in [2.45, 2.75) is 19.1 Å². The first kappa shape index (κ1) is 14.4. The van der Waals surface area contributed by atoms with Gasteiger partial charge in [-0.25, -0.2) is 8.42 Å². The lowest BCUT2D eigenvalue weighted by Crippen LogP contribution is -2.16. The predicted molar refractivity (Wildman–Crippen MR) is 82.9 cm³/mol. The number of benzene rings is 2. The molecule has 0 spiro atoms. The van der Waals surface area contributed by atoms with Crippen LogP contribution in [0, 0.1) is 0 Å². The molecule has 0 heterocycles. The van der Waals surface area contributed by atoms with Crippen LogP contribution in [0.25, 0.3) is 0 Å². The van der Waals surface area contributed by atoms with Gasteiger partial charge in [0, 0.05) is 11.4 Å². The molecule has 0 aliphatic heterocycles. The number of hydrogen-bond acceptors (Lipinski definition) is 3. The Hall–Kier alpha value is -2.01. The molecule has 4 nitrogen and oxygen atoms in total. The van der Waals surface area contributed by atoms with Gasteiger partial charge < -0.3 is 5.73 Å². The average Bonchev–Trinajstić information content (AvgIpc) is 2.41. The molecular weight excluding hydrogens is 272 g/mol. The summed E-state index contributed by atoms with van der Waals surface area (Å²) < 4.78 is 26.9. The average molecular weight is 290 g/mol. The van der Waals surface area contributed by atoms with Crippen LogP contribution in [-0.2, 0) is 22.2 Å². The molecule has 0 fully saturated rings. The zero-order valence-corrected chi connectivity index (χ0v) is 12.2. The fraction of sp³-hybridized carbons (Fsp3) is 0.200. The van der Waals surface area contributed by atoms with Crippen LogP contribution in [-0.4, -0.2) is 8.42 Å². The van der Waals surface area contributed by atoms with Crippen molar-refractivity contribution in [3.8, 4) is 0 Å². The van der Waals surface area contributed by atoms with Crippen LogP contribution in [0.15, 0.2) is 48.5 Å². The predicted octanol–water partition coefficient (Wildman–Crippen LogP) is 2.77. The first-order valence-corrected chi connectivity index (χ1v) is 8.08. The van der Waals surface area contributed by atoms with E-state index >= 15 is 0 Å². The minimum atomic E-state index is -3.47. The second kappa shape index (κ2) is 5.96. The Morgan fingerprint density at radius 3 is 2.55 bits per heavy atom. The first-order valence-electron chi connectivity index (χ1n) is 6.43. The molecule has 0 aromatic heterocycles. The van der Waals surface area contributed by atoms with E-state index in [4.69, 9.17) is 5.73 Å². The highest BCUT2D eigenvalue weighted by Gasteiger charge is 2.13. The van der Waals surface area contributed by atoms with Gasteiger partial charge in [-0.2, -0.15) is 0 Å². The van der Waals surface area contributed by atoms with Gasteiger partial charge in [0.05, 0.1) is 5.75 Å². The quantitative estimate of drug-likeness (QED) is 0.832. The third-order valence-corrected chi connectivity index (χ3v) is 4.25. The summed E-state index contributed by atoms with van der Waals surface area (Å²) in [5, 5.41) is 0. The summed E-state index contributed by atoms with van der Waals surface area (Å²) in [6, 6.07) is 14.4. The molecule has 106 valence electrons. The van der Waals surface area contributed by atoms with Crippen LogP contribution in [0.2, 0.25) is 0 Å². The van der Waals surface area contributed by atoms with Crippen molar-refractivity contribution >= 4 is 21.4 Å². The van der Waals surface area contributed by atoms with E-state index in [1.807, 2.05) is 25.1 Å². The van der Waals surface area contributed by atoms with Gasteiger partial charge in [0.2, 0.25) is 10.0 Å². The number of nitrogens with two attached hydrogens (primary N) is 1. The maximum absolute atomic E-state index is 12.2. The van der Waals surface area contributed by atoms with E-state index in [0.29, 0.717) is 16.9 Å². The van der Waals surface area contributed by atoms with Gasteiger partial charge in [-0.1, -0.05) is 37.3 Å². The molecule has 2 rings (SSSR count). The van der Waals surface area contributed by atoms with E-state index in [9.17, 15) is 8.42 Å². The fourth-order valence-electron chi connectivity index (χ4n) is 1.94. The lowest BCUT2D eigenvalue weighted by atomic mass is 10.1. The molecule has 0 saturated carbocycles. The summed E-state index contributed by atoms with van der Waals surface area (Å²) in [6.45, 7) is 2.03. The molecule has 0 bridgehead atoms. The van der Waals surface area contributed by atoms with Gasteiger partial charge in [-0.05, 0) is 35.7 Å². The number of para-hydroxylation sites is 1. The standard InChI is InChI=1S/C15H18N2O2S/c1-2-12-6-5-8-14(10-12)17-20(18,19)11-13-7-3-4-9-15(13)16/h3-10,17H,2,11,16H2,1H3. The maximum atomic E-state index is 12.2. The molecule has 0 unspecified atom stereocenters. The minimum absolute atomic E-state index is 0.129. The summed E-state index contributed by atoms with van der Waals surface area (Å²) >= 11 is 0. The summed E-state index contributed by atoms with van der Waals surface area (Å²) in [7, 11) is -3.47. The van der Waals surface area contributed by atoms with Gasteiger partial charge in [0.1, 0.15) is 0 Å². The SMILES string of the molecule is CCc1cccc(NS(=O)(=O)Cc2ccccc2N)c1. The van der Waals surface area contributed by atoms with E-state index in [1.54, 1.807) is 30.3 Å². The maximum Gasteiger partial charge on any atom is 0.236 e. The van der Waals surface area contributed by atoms with Gasteiger partial charge in [0.25, 0.3) is 0 Å². The summed E-state index contributed by atoms with van der Waals surface area (Å²) in [6.07, 6.45) is 0.862. The molecule has 0 aliphatic rings. The monoisotopic (exact) mass is 290 g/mol. The second-order valence-electron chi connectivity index (χ2n) is 4.61. The van der Waals surface area contributed by atoms with Crippen molar-refractivity contribution in [1.29, 1.82) is 0 Å². The Kier molecular flexibility index (Phi) is 4.29. The van der Waals surface area contributed by atoms with Crippen molar-refractivity contribution in [2.24, 2.45) is 0 Å². The van der Waals surface area contributed by atoms with Crippen LogP contribution in [0.3, 0.4) is 0 Å². The number of rotatable bonds is 5. The van der Waals surface area contributed by atoms with Crippen molar-refractivity contribution in [3.05, 3.63) is 59.7 Å². The number of nitrogen functional groups attached to an aromatic ring is 1. The van der Waals surface area contributed by atoms with Crippen molar-refractivity contribution in [1.82, 2.24) is 0 Å². The summed E-state index contributed by atoms with van der Waals surface area (Å²) in [5.41, 5.74) is 8.53. The highest BCUT2D eigenvalue weighted by Crippen LogP contribution is 2.18. The zero-order valence-electron chi connectivity index (χ0n) is 11.3. The van der Waals surface area contributed by atoms with Gasteiger partial charge in [-0.15, -0.1) is 0 Å². The molecular formula is C15H18N2O2S. The fourth-order valence-corrected chi connectivity index (χ4v) is 3.17. The van der Waals surface area contributed by atoms with Gasteiger partial charge >= 0.3 is 0 Å². The molecule has 3 N–H and O–H groups in total. The molecule has 0 radical (unpaired) electrons. The van der Waals surface area contributed by atoms with Crippen LogP contribution in [0.4, 0.5) is 11.4 Å². The zero-order chi connectivity index (χ0) is 14.6. The van der Waals surface area contributed by atoms with Crippen molar-refractivity contribution in [3.63, 3.8) is 0 Å². The molecule has 2 aromatic carbocycles. The Labute approximate surface area is 119 Å². The molecule has 0 saturated heterocycles. The molecule has 0 amide bonds. The number of anilines is 2. The van der Waals surface area contributed by atoms with Gasteiger partial charge in [0.15, 0.2) is 0 Å². The summed E-state index contributed by atoms with van der Waals surface area (Å²) in [4.78, 5) is 0. The van der Waals surface area contributed by atoms with Crippen molar-refractivity contribution in [2.75, 3.05) is 10.5 Å². The highest BCUT2D eigenvalue weighted by molar-refractivity contribution is 7.91. The van der Waals surface area contributed by atoms with Gasteiger partial charge in [-0.3, -0.25) is 4.72 Å².